The summed E-state index contributed by atoms with van der Waals surface area (Å²) in [5.41, 5.74) is 7.73. The number of fused-ring (bicyclic) bond motifs is 1. The van der Waals surface area contributed by atoms with Gasteiger partial charge in [-0.05, 0) is 24.5 Å². The lowest BCUT2D eigenvalue weighted by atomic mass is 10.1. The molecule has 0 unspecified atom stereocenters. The Balaban J connectivity index is 1.77. The molecular weight excluding hydrogens is 238 g/mol. The van der Waals surface area contributed by atoms with Gasteiger partial charge in [-0.1, -0.05) is 18.2 Å². The van der Waals surface area contributed by atoms with Crippen LogP contribution in [-0.2, 0) is 18.4 Å². The molecule has 1 aromatic carbocycles. The standard InChI is InChI=1S/C15H19N3O/c1-18-9-11(12-4-2-3-5-13(12)18)8-17-14(19)15(10-16)6-7-15/h2-5,9H,6-8,10,16H2,1H3,(H,17,19). The molecule has 0 bridgehead atoms. The number of hydrogen-bond acceptors (Lipinski definition) is 2. The van der Waals surface area contributed by atoms with Crippen molar-refractivity contribution < 1.29 is 4.79 Å². The van der Waals surface area contributed by atoms with Gasteiger partial charge in [0.05, 0.1) is 5.41 Å². The molecule has 0 atom stereocenters. The predicted molar refractivity (Wildman–Crippen MR) is 75.5 cm³/mol. The first-order valence-corrected chi connectivity index (χ1v) is 6.68. The quantitative estimate of drug-likeness (QED) is 0.872. The van der Waals surface area contributed by atoms with Crippen LogP contribution in [0.2, 0.25) is 0 Å². The Labute approximate surface area is 112 Å². The Bertz CT molecular complexity index is 625. The lowest BCUT2D eigenvalue weighted by Gasteiger charge is -2.12. The first kappa shape index (κ1) is 12.2. The topological polar surface area (TPSA) is 60.0 Å². The minimum Gasteiger partial charge on any atom is -0.351 e. The number of aryl methyl sites for hydroxylation is 1. The fraction of sp³-hybridized carbons (Fsp3) is 0.400. The number of amides is 1. The van der Waals surface area contributed by atoms with E-state index < -0.39 is 0 Å². The fourth-order valence-electron chi connectivity index (χ4n) is 2.60. The summed E-state index contributed by atoms with van der Waals surface area (Å²) >= 11 is 0. The van der Waals surface area contributed by atoms with Crippen LogP contribution in [-0.4, -0.2) is 17.0 Å². The van der Waals surface area contributed by atoms with Crippen molar-refractivity contribution in [1.29, 1.82) is 0 Å². The van der Waals surface area contributed by atoms with E-state index >= 15 is 0 Å². The van der Waals surface area contributed by atoms with Gasteiger partial charge >= 0.3 is 0 Å². The molecule has 1 saturated carbocycles. The van der Waals surface area contributed by atoms with E-state index in [1.807, 2.05) is 19.2 Å². The maximum Gasteiger partial charge on any atom is 0.227 e. The number of benzene rings is 1. The molecule has 3 N–H and O–H groups in total. The van der Waals surface area contributed by atoms with E-state index in [0.717, 1.165) is 18.4 Å². The minimum atomic E-state index is -0.273. The summed E-state index contributed by atoms with van der Waals surface area (Å²) in [6.07, 6.45) is 3.92. The zero-order valence-electron chi connectivity index (χ0n) is 11.1. The molecule has 1 fully saturated rings. The van der Waals surface area contributed by atoms with Gasteiger partial charge in [-0.25, -0.2) is 0 Å². The number of para-hydroxylation sites is 1. The molecule has 4 nitrogen and oxygen atoms in total. The van der Waals surface area contributed by atoms with Crippen LogP contribution >= 0.6 is 0 Å². The molecule has 1 aliphatic rings. The van der Waals surface area contributed by atoms with Crippen molar-refractivity contribution in [3.05, 3.63) is 36.0 Å². The van der Waals surface area contributed by atoms with Gasteiger partial charge in [0.2, 0.25) is 5.91 Å². The van der Waals surface area contributed by atoms with E-state index in [2.05, 4.69) is 28.2 Å². The van der Waals surface area contributed by atoms with Gasteiger partial charge in [-0.15, -0.1) is 0 Å². The average molecular weight is 257 g/mol. The van der Waals surface area contributed by atoms with Crippen LogP contribution in [0.4, 0.5) is 0 Å². The van der Waals surface area contributed by atoms with E-state index in [-0.39, 0.29) is 11.3 Å². The molecule has 1 heterocycles. The summed E-state index contributed by atoms with van der Waals surface area (Å²) in [4.78, 5) is 12.1. The third-order valence-electron chi connectivity index (χ3n) is 4.14. The number of carbonyl (C=O) groups is 1. The molecular formula is C15H19N3O. The van der Waals surface area contributed by atoms with Crippen LogP contribution in [0.25, 0.3) is 10.9 Å². The van der Waals surface area contributed by atoms with Crippen LogP contribution in [0.15, 0.2) is 30.5 Å². The third-order valence-corrected chi connectivity index (χ3v) is 4.14. The van der Waals surface area contributed by atoms with Crippen molar-refractivity contribution in [3.8, 4) is 0 Å². The molecule has 0 aliphatic heterocycles. The summed E-state index contributed by atoms with van der Waals surface area (Å²) in [5.74, 6) is 0.0999. The van der Waals surface area contributed by atoms with E-state index in [1.54, 1.807) is 0 Å². The SMILES string of the molecule is Cn1cc(CNC(=O)C2(CN)CC2)c2ccccc21. The molecule has 19 heavy (non-hydrogen) atoms. The Morgan fingerprint density at radius 2 is 2.16 bits per heavy atom. The fourth-order valence-corrected chi connectivity index (χ4v) is 2.60. The number of aromatic nitrogens is 1. The first-order valence-electron chi connectivity index (χ1n) is 6.68. The maximum absolute atomic E-state index is 12.1. The first-order chi connectivity index (χ1) is 9.16. The van der Waals surface area contributed by atoms with Gasteiger partial charge in [0.1, 0.15) is 0 Å². The molecule has 1 aromatic heterocycles. The summed E-state index contributed by atoms with van der Waals surface area (Å²) < 4.78 is 2.09. The summed E-state index contributed by atoms with van der Waals surface area (Å²) in [5, 5.41) is 4.22. The third kappa shape index (κ3) is 2.02. The zero-order valence-corrected chi connectivity index (χ0v) is 11.1. The number of nitrogens with two attached hydrogens (primary N) is 1. The van der Waals surface area contributed by atoms with E-state index in [9.17, 15) is 4.79 Å². The average Bonchev–Trinajstić information content (AvgIpc) is 3.18. The summed E-state index contributed by atoms with van der Waals surface area (Å²) in [6, 6.07) is 8.23. The highest BCUT2D eigenvalue weighted by Gasteiger charge is 2.48. The van der Waals surface area contributed by atoms with Gasteiger partial charge in [0.15, 0.2) is 0 Å². The molecule has 1 aliphatic carbocycles. The van der Waals surface area contributed by atoms with Gasteiger partial charge in [-0.3, -0.25) is 4.79 Å². The Morgan fingerprint density at radius 3 is 2.84 bits per heavy atom. The van der Waals surface area contributed by atoms with Crippen LogP contribution in [0, 0.1) is 5.41 Å². The number of carbonyl (C=O) groups excluding carboxylic acids is 1. The van der Waals surface area contributed by atoms with Crippen molar-refractivity contribution in [2.45, 2.75) is 19.4 Å². The van der Waals surface area contributed by atoms with Crippen molar-refractivity contribution in [2.24, 2.45) is 18.2 Å². The number of rotatable bonds is 4. The Kier molecular flexibility index (Phi) is 2.82. The van der Waals surface area contributed by atoms with Crippen LogP contribution in [0.1, 0.15) is 18.4 Å². The second-order valence-electron chi connectivity index (χ2n) is 5.45. The highest BCUT2D eigenvalue weighted by atomic mass is 16.2. The van der Waals surface area contributed by atoms with Crippen molar-refractivity contribution in [3.63, 3.8) is 0 Å². The highest BCUT2D eigenvalue weighted by molar-refractivity contribution is 5.87. The molecule has 0 radical (unpaired) electrons. The molecule has 0 spiro atoms. The smallest absolute Gasteiger partial charge is 0.227 e. The molecule has 2 aromatic rings. The van der Waals surface area contributed by atoms with E-state index in [0.29, 0.717) is 13.1 Å². The molecule has 1 amide bonds. The second kappa shape index (κ2) is 4.38. The number of nitrogens with one attached hydrogen (secondary N) is 1. The predicted octanol–water partition coefficient (Wildman–Crippen LogP) is 1.53. The molecule has 3 rings (SSSR count). The van der Waals surface area contributed by atoms with Crippen LogP contribution in [0.5, 0.6) is 0 Å². The molecule has 4 heteroatoms. The van der Waals surface area contributed by atoms with Gasteiger partial charge in [0, 0.05) is 37.2 Å². The van der Waals surface area contributed by atoms with Gasteiger partial charge < -0.3 is 15.6 Å². The highest BCUT2D eigenvalue weighted by Crippen LogP contribution is 2.44. The van der Waals surface area contributed by atoms with Crippen molar-refractivity contribution in [1.82, 2.24) is 9.88 Å². The normalized spacial score (nSPS) is 16.5. The minimum absolute atomic E-state index is 0.0999. The summed E-state index contributed by atoms with van der Waals surface area (Å²) in [7, 11) is 2.02. The zero-order chi connectivity index (χ0) is 13.5. The van der Waals surface area contributed by atoms with Crippen molar-refractivity contribution >= 4 is 16.8 Å². The lowest BCUT2D eigenvalue weighted by Crippen LogP contribution is -2.36. The maximum atomic E-state index is 12.1. The van der Waals surface area contributed by atoms with Gasteiger partial charge in [0.25, 0.3) is 0 Å². The van der Waals surface area contributed by atoms with Crippen molar-refractivity contribution in [2.75, 3.05) is 6.54 Å². The summed E-state index contributed by atoms with van der Waals surface area (Å²) in [6.45, 7) is 1.02. The van der Waals surface area contributed by atoms with Gasteiger partial charge in [-0.2, -0.15) is 0 Å². The van der Waals surface area contributed by atoms with E-state index in [1.165, 1.54) is 10.9 Å². The molecule has 100 valence electrons. The van der Waals surface area contributed by atoms with Crippen LogP contribution in [0.3, 0.4) is 0 Å². The Morgan fingerprint density at radius 1 is 1.42 bits per heavy atom. The van der Waals surface area contributed by atoms with Crippen LogP contribution < -0.4 is 11.1 Å². The lowest BCUT2D eigenvalue weighted by molar-refractivity contribution is -0.126. The second-order valence-corrected chi connectivity index (χ2v) is 5.45. The Hall–Kier alpha value is -1.81. The monoisotopic (exact) mass is 257 g/mol. The van der Waals surface area contributed by atoms with E-state index in [4.69, 9.17) is 5.73 Å². The largest absolute Gasteiger partial charge is 0.351 e. The molecule has 0 saturated heterocycles. The number of nitrogens with zero attached hydrogens (tertiary/aromatic N) is 1. The number of hydrogen-bond donors (Lipinski definition) is 2.